The maximum absolute atomic E-state index is 13.5. The van der Waals surface area contributed by atoms with Gasteiger partial charge in [-0.15, -0.1) is 0 Å². The Balaban J connectivity index is 1.95. The van der Waals surface area contributed by atoms with E-state index in [1.807, 2.05) is 25.1 Å². The van der Waals surface area contributed by atoms with Crippen LogP contribution in [0.25, 0.3) is 0 Å². The highest BCUT2D eigenvalue weighted by molar-refractivity contribution is 7.80. The van der Waals surface area contributed by atoms with Crippen LogP contribution in [-0.2, 0) is 0 Å². The van der Waals surface area contributed by atoms with Crippen molar-refractivity contribution in [2.45, 2.75) is 13.3 Å². The number of hydrogen-bond acceptors (Lipinski definition) is 4. The van der Waals surface area contributed by atoms with Crippen LogP contribution in [-0.4, -0.2) is 25.0 Å². The van der Waals surface area contributed by atoms with Crippen molar-refractivity contribution >= 4 is 29.2 Å². The Morgan fingerprint density at radius 2 is 2.04 bits per heavy atom. The number of rotatable bonds is 7. The van der Waals surface area contributed by atoms with Crippen molar-refractivity contribution in [3.8, 4) is 11.5 Å². The average Bonchev–Trinajstić information content (AvgIpc) is 2.62. The van der Waals surface area contributed by atoms with Crippen LogP contribution in [0.1, 0.15) is 18.9 Å². The molecule has 2 rings (SSSR count). The number of benzene rings is 2. The van der Waals surface area contributed by atoms with Crippen molar-refractivity contribution in [3.63, 3.8) is 0 Å². The van der Waals surface area contributed by atoms with Crippen molar-refractivity contribution in [1.29, 1.82) is 0 Å². The van der Waals surface area contributed by atoms with Crippen LogP contribution in [0.15, 0.2) is 47.6 Å². The van der Waals surface area contributed by atoms with Gasteiger partial charge in [0, 0.05) is 0 Å². The Morgan fingerprint density at radius 1 is 1.24 bits per heavy atom. The third kappa shape index (κ3) is 5.72. The molecule has 2 aromatic carbocycles. The molecule has 0 aliphatic carbocycles. The van der Waals surface area contributed by atoms with Crippen molar-refractivity contribution in [2.75, 3.05) is 19.0 Å². The quantitative estimate of drug-likeness (QED) is 0.444. The van der Waals surface area contributed by atoms with Gasteiger partial charge in [-0.3, -0.25) is 5.43 Å². The van der Waals surface area contributed by atoms with E-state index in [-0.39, 0.29) is 16.6 Å². The van der Waals surface area contributed by atoms with Gasteiger partial charge in [-0.2, -0.15) is 5.10 Å². The number of ether oxygens (including phenoxy) is 2. The summed E-state index contributed by atoms with van der Waals surface area (Å²) in [5.41, 5.74) is 3.74. The maximum Gasteiger partial charge on any atom is 0.191 e. The lowest BCUT2D eigenvalue weighted by atomic mass is 10.2. The largest absolute Gasteiger partial charge is 0.493 e. The van der Waals surface area contributed by atoms with Gasteiger partial charge in [0.05, 0.1) is 25.6 Å². The normalized spacial score (nSPS) is 10.5. The van der Waals surface area contributed by atoms with Crippen molar-refractivity contribution in [2.24, 2.45) is 5.10 Å². The molecule has 0 atom stereocenters. The number of hydrogen-bond donors (Lipinski definition) is 2. The number of hydrazone groups is 1. The van der Waals surface area contributed by atoms with Gasteiger partial charge in [-0.25, -0.2) is 4.39 Å². The first-order valence-electron chi connectivity index (χ1n) is 7.79. The molecule has 0 bridgehead atoms. The van der Waals surface area contributed by atoms with E-state index < -0.39 is 0 Å². The smallest absolute Gasteiger partial charge is 0.191 e. The van der Waals surface area contributed by atoms with Gasteiger partial charge in [0.15, 0.2) is 16.6 Å². The minimum Gasteiger partial charge on any atom is -0.493 e. The molecule has 2 aromatic rings. The third-order valence-corrected chi connectivity index (χ3v) is 3.34. The van der Waals surface area contributed by atoms with Crippen molar-refractivity contribution < 1.29 is 13.9 Å². The zero-order chi connectivity index (χ0) is 18.1. The summed E-state index contributed by atoms with van der Waals surface area (Å²) in [6.07, 6.45) is 2.50. The lowest BCUT2D eigenvalue weighted by molar-refractivity contribution is 0.294. The molecule has 0 amide bonds. The summed E-state index contributed by atoms with van der Waals surface area (Å²) >= 11 is 5.08. The average molecular weight is 361 g/mol. The number of nitrogens with zero attached hydrogens (tertiary/aromatic N) is 1. The Labute approximate surface area is 151 Å². The highest BCUT2D eigenvalue weighted by Crippen LogP contribution is 2.27. The summed E-state index contributed by atoms with van der Waals surface area (Å²) in [5.74, 6) is 0.929. The molecular formula is C18H20FN3O2S. The minimum atomic E-state index is -0.386. The Kier molecular flexibility index (Phi) is 7.16. The predicted octanol–water partition coefficient (Wildman–Crippen LogP) is 3.94. The van der Waals surface area contributed by atoms with Gasteiger partial charge in [0.1, 0.15) is 5.82 Å². The molecule has 7 heteroatoms. The Morgan fingerprint density at radius 3 is 2.76 bits per heavy atom. The standard InChI is InChI=1S/C18H20FN3O2S/c1-3-10-24-16-9-8-13(11-17(16)23-2)12-20-22-18(25)21-15-7-5-4-6-14(15)19/h4-9,11-12H,3,10H2,1-2H3,(H2,21,22,25)/b20-12-. The van der Waals surface area contributed by atoms with E-state index in [2.05, 4.69) is 15.8 Å². The van der Waals surface area contributed by atoms with E-state index in [9.17, 15) is 4.39 Å². The monoisotopic (exact) mass is 361 g/mol. The summed E-state index contributed by atoms with van der Waals surface area (Å²) in [7, 11) is 1.58. The van der Waals surface area contributed by atoms with E-state index in [0.29, 0.717) is 18.1 Å². The third-order valence-electron chi connectivity index (χ3n) is 3.15. The van der Waals surface area contributed by atoms with Gasteiger partial charge >= 0.3 is 0 Å². The number of methoxy groups -OCH3 is 1. The van der Waals surface area contributed by atoms with Gasteiger partial charge in [0.2, 0.25) is 0 Å². The first-order chi connectivity index (χ1) is 12.1. The lowest BCUT2D eigenvalue weighted by Crippen LogP contribution is -2.24. The molecule has 0 unspecified atom stereocenters. The molecular weight excluding hydrogens is 341 g/mol. The fourth-order valence-corrected chi connectivity index (χ4v) is 2.14. The van der Waals surface area contributed by atoms with Crippen LogP contribution in [0.4, 0.5) is 10.1 Å². The number of thiocarbonyl (C=S) groups is 1. The van der Waals surface area contributed by atoms with Crippen LogP contribution >= 0.6 is 12.2 Å². The van der Waals surface area contributed by atoms with Gasteiger partial charge in [0.25, 0.3) is 0 Å². The number of anilines is 1. The van der Waals surface area contributed by atoms with Gasteiger partial charge in [-0.1, -0.05) is 19.1 Å². The molecule has 0 aliphatic heterocycles. The number of nitrogens with one attached hydrogen (secondary N) is 2. The second kappa shape index (κ2) is 9.58. The SMILES string of the molecule is CCCOc1ccc(/C=N\NC(=S)Nc2ccccc2F)cc1OC. The molecule has 2 N–H and O–H groups in total. The molecule has 25 heavy (non-hydrogen) atoms. The van der Waals surface area contributed by atoms with E-state index in [1.54, 1.807) is 31.5 Å². The maximum atomic E-state index is 13.5. The molecule has 0 saturated carbocycles. The summed E-state index contributed by atoms with van der Waals surface area (Å²) in [4.78, 5) is 0. The highest BCUT2D eigenvalue weighted by Gasteiger charge is 2.05. The minimum absolute atomic E-state index is 0.191. The van der Waals surface area contributed by atoms with Crippen molar-refractivity contribution in [3.05, 3.63) is 53.8 Å². The highest BCUT2D eigenvalue weighted by atomic mass is 32.1. The van der Waals surface area contributed by atoms with E-state index in [1.165, 1.54) is 6.07 Å². The van der Waals surface area contributed by atoms with Gasteiger partial charge < -0.3 is 14.8 Å². The van der Waals surface area contributed by atoms with Gasteiger partial charge in [-0.05, 0) is 54.5 Å². The fraction of sp³-hybridized carbons (Fsp3) is 0.222. The molecule has 5 nitrogen and oxygen atoms in total. The summed E-state index contributed by atoms with van der Waals surface area (Å²) in [5, 5.41) is 6.97. The molecule has 0 aromatic heterocycles. The number of halogens is 1. The van der Waals surface area contributed by atoms with Crippen LogP contribution < -0.4 is 20.2 Å². The Bertz CT molecular complexity index is 753. The van der Waals surface area contributed by atoms with Crippen LogP contribution in [0.5, 0.6) is 11.5 Å². The van der Waals surface area contributed by atoms with E-state index >= 15 is 0 Å². The first-order valence-corrected chi connectivity index (χ1v) is 8.20. The zero-order valence-electron chi connectivity index (χ0n) is 14.1. The summed E-state index contributed by atoms with van der Waals surface area (Å²) in [6, 6.07) is 11.7. The molecule has 0 heterocycles. The van der Waals surface area contributed by atoms with E-state index in [4.69, 9.17) is 21.7 Å². The van der Waals surface area contributed by atoms with E-state index in [0.717, 1.165) is 12.0 Å². The number of para-hydroxylation sites is 1. The molecule has 0 fully saturated rings. The lowest BCUT2D eigenvalue weighted by Gasteiger charge is -2.10. The van der Waals surface area contributed by atoms with Crippen LogP contribution in [0.3, 0.4) is 0 Å². The molecule has 0 spiro atoms. The fourth-order valence-electron chi connectivity index (χ4n) is 1.97. The molecule has 0 aliphatic rings. The van der Waals surface area contributed by atoms with Crippen LogP contribution in [0.2, 0.25) is 0 Å². The summed E-state index contributed by atoms with van der Waals surface area (Å²) < 4.78 is 24.4. The Hall–Kier alpha value is -2.67. The zero-order valence-corrected chi connectivity index (χ0v) is 14.9. The predicted molar refractivity (Wildman–Crippen MR) is 102 cm³/mol. The molecule has 0 saturated heterocycles. The second-order valence-electron chi connectivity index (χ2n) is 5.06. The topological polar surface area (TPSA) is 54.9 Å². The molecule has 132 valence electrons. The van der Waals surface area contributed by atoms with Crippen molar-refractivity contribution in [1.82, 2.24) is 5.43 Å². The van der Waals surface area contributed by atoms with Crippen LogP contribution in [0, 0.1) is 5.82 Å². The summed E-state index contributed by atoms with van der Waals surface area (Å²) in [6.45, 7) is 2.67. The molecule has 0 radical (unpaired) electrons. The first kappa shape index (κ1) is 18.7. The second-order valence-corrected chi connectivity index (χ2v) is 5.47.